The number of rotatable bonds is 7. The van der Waals surface area contributed by atoms with Crippen molar-refractivity contribution >= 4 is 22.1 Å². The lowest BCUT2D eigenvalue weighted by atomic mass is 10.1. The second-order valence-corrected chi connectivity index (χ2v) is 6.71. The lowest BCUT2D eigenvalue weighted by Gasteiger charge is -2.26. The van der Waals surface area contributed by atoms with Crippen molar-refractivity contribution < 1.29 is 27.9 Å². The number of nitrogens with one attached hydrogen (secondary N) is 1. The molecule has 0 aromatic rings. The molecule has 1 heterocycles. The van der Waals surface area contributed by atoms with Crippen molar-refractivity contribution in [1.82, 2.24) is 9.03 Å². The highest BCUT2D eigenvalue weighted by Gasteiger charge is 2.40. The van der Waals surface area contributed by atoms with Gasteiger partial charge in [0, 0.05) is 12.6 Å². The van der Waals surface area contributed by atoms with Crippen molar-refractivity contribution in [3.05, 3.63) is 0 Å². The quantitative estimate of drug-likeness (QED) is 0.636. The molecule has 1 aliphatic rings. The van der Waals surface area contributed by atoms with E-state index in [0.29, 0.717) is 12.8 Å². The number of nitrogens with zero attached hydrogens (tertiary/aromatic N) is 1. The van der Waals surface area contributed by atoms with Crippen LogP contribution in [0, 0.1) is 5.92 Å². The van der Waals surface area contributed by atoms with E-state index in [1.807, 2.05) is 0 Å². The van der Waals surface area contributed by atoms with E-state index in [-0.39, 0.29) is 13.2 Å². The first-order valence-corrected chi connectivity index (χ1v) is 8.33. The molecule has 3 unspecified atom stereocenters. The largest absolute Gasteiger partial charge is 0.481 e. The third-order valence-electron chi connectivity index (χ3n) is 3.55. The maximum Gasteiger partial charge on any atom is 0.324 e. The number of hydrogen-bond donors (Lipinski definition) is 2. The molecule has 0 amide bonds. The maximum atomic E-state index is 12.3. The van der Waals surface area contributed by atoms with Crippen LogP contribution in [0.25, 0.3) is 0 Å². The van der Waals surface area contributed by atoms with Gasteiger partial charge < -0.3 is 9.84 Å². The van der Waals surface area contributed by atoms with Crippen LogP contribution in [-0.4, -0.2) is 55.0 Å². The zero-order chi connectivity index (χ0) is 16.2. The summed E-state index contributed by atoms with van der Waals surface area (Å²) in [6.45, 7) is 4.95. The van der Waals surface area contributed by atoms with Crippen LogP contribution in [0.4, 0.5) is 0 Å². The molecular formula is C12H22N2O6S. The number of carboxylic acid groups (broad SMARTS) is 1. The molecule has 0 aliphatic carbocycles. The summed E-state index contributed by atoms with van der Waals surface area (Å²) in [4.78, 5) is 22.7. The summed E-state index contributed by atoms with van der Waals surface area (Å²) < 4.78 is 32.8. The molecule has 1 saturated heterocycles. The summed E-state index contributed by atoms with van der Waals surface area (Å²) in [5.74, 6) is -2.53. The van der Waals surface area contributed by atoms with Crippen molar-refractivity contribution in [2.45, 2.75) is 45.7 Å². The molecule has 21 heavy (non-hydrogen) atoms. The summed E-state index contributed by atoms with van der Waals surface area (Å²) in [7, 11) is -3.93. The van der Waals surface area contributed by atoms with Crippen LogP contribution in [-0.2, 0) is 24.5 Å². The summed E-state index contributed by atoms with van der Waals surface area (Å²) in [6, 6.07) is -1.62. The Bertz CT molecular complexity index is 492. The molecule has 0 aromatic carbocycles. The van der Waals surface area contributed by atoms with Crippen LogP contribution in [0.2, 0.25) is 0 Å². The minimum Gasteiger partial charge on any atom is -0.481 e. The molecular weight excluding hydrogens is 300 g/mol. The van der Waals surface area contributed by atoms with E-state index >= 15 is 0 Å². The van der Waals surface area contributed by atoms with E-state index in [0.717, 1.165) is 4.31 Å². The Balaban J connectivity index is 2.81. The van der Waals surface area contributed by atoms with Gasteiger partial charge in [-0.3, -0.25) is 9.59 Å². The molecule has 3 atom stereocenters. The molecule has 0 bridgehead atoms. The second-order valence-electron chi connectivity index (χ2n) is 5.06. The van der Waals surface area contributed by atoms with Gasteiger partial charge in [-0.15, -0.1) is 0 Å². The highest BCUT2D eigenvalue weighted by molar-refractivity contribution is 7.87. The first-order valence-electron chi connectivity index (χ1n) is 6.89. The van der Waals surface area contributed by atoms with Crippen molar-refractivity contribution in [2.24, 2.45) is 5.92 Å². The van der Waals surface area contributed by atoms with Gasteiger partial charge in [0.05, 0.1) is 12.5 Å². The Morgan fingerprint density at radius 2 is 2.05 bits per heavy atom. The molecule has 0 spiro atoms. The van der Waals surface area contributed by atoms with Gasteiger partial charge in [0.1, 0.15) is 6.04 Å². The Kier molecular flexibility index (Phi) is 6.11. The summed E-state index contributed by atoms with van der Waals surface area (Å²) >= 11 is 0. The van der Waals surface area contributed by atoms with Crippen LogP contribution >= 0.6 is 0 Å². The first kappa shape index (κ1) is 17.9. The van der Waals surface area contributed by atoms with E-state index in [9.17, 15) is 18.0 Å². The van der Waals surface area contributed by atoms with Crippen LogP contribution in [0.5, 0.6) is 0 Å². The minimum absolute atomic E-state index is 0.184. The Labute approximate surface area is 124 Å². The van der Waals surface area contributed by atoms with Crippen molar-refractivity contribution in [3.63, 3.8) is 0 Å². The molecule has 8 nitrogen and oxygen atoms in total. The fraction of sp³-hybridized carbons (Fsp3) is 0.833. The average molecular weight is 322 g/mol. The van der Waals surface area contributed by atoms with Crippen molar-refractivity contribution in [3.8, 4) is 0 Å². The molecule has 1 fully saturated rings. The standard InChI is InChI=1S/C12H22N2O6S/c1-4-20-12(17)10-6-5-7-14(10)21(18,19)13-9(3)8(2)11(15)16/h8-10,13H,4-7H2,1-3H3,(H,15,16). The molecule has 0 aromatic heterocycles. The van der Waals surface area contributed by atoms with Crippen LogP contribution in [0.3, 0.4) is 0 Å². The summed E-state index contributed by atoms with van der Waals surface area (Å²) in [5, 5.41) is 8.90. The van der Waals surface area contributed by atoms with Gasteiger partial charge in [0.2, 0.25) is 0 Å². The zero-order valence-corrected chi connectivity index (χ0v) is 13.2. The number of esters is 1. The number of ether oxygens (including phenoxy) is 1. The van der Waals surface area contributed by atoms with E-state index in [1.54, 1.807) is 6.92 Å². The van der Waals surface area contributed by atoms with Gasteiger partial charge >= 0.3 is 11.9 Å². The number of carbonyl (C=O) groups is 2. The van der Waals surface area contributed by atoms with Crippen LogP contribution in [0.1, 0.15) is 33.6 Å². The molecule has 0 radical (unpaired) electrons. The molecule has 9 heteroatoms. The molecule has 2 N–H and O–H groups in total. The van der Waals surface area contributed by atoms with E-state index in [2.05, 4.69) is 4.72 Å². The number of hydrogen-bond acceptors (Lipinski definition) is 5. The molecule has 1 aliphatic heterocycles. The maximum absolute atomic E-state index is 12.3. The normalized spacial score (nSPS) is 22.7. The van der Waals surface area contributed by atoms with Crippen molar-refractivity contribution in [2.75, 3.05) is 13.2 Å². The fourth-order valence-electron chi connectivity index (χ4n) is 2.12. The van der Waals surface area contributed by atoms with Gasteiger partial charge in [-0.25, -0.2) is 0 Å². The minimum atomic E-state index is -3.93. The Morgan fingerprint density at radius 3 is 2.57 bits per heavy atom. The molecule has 1 rings (SSSR count). The average Bonchev–Trinajstić information content (AvgIpc) is 2.87. The van der Waals surface area contributed by atoms with E-state index in [1.165, 1.54) is 13.8 Å². The van der Waals surface area contributed by atoms with E-state index < -0.39 is 40.1 Å². The number of carboxylic acids is 1. The predicted molar refractivity (Wildman–Crippen MR) is 74.7 cm³/mol. The topological polar surface area (TPSA) is 113 Å². The van der Waals surface area contributed by atoms with Gasteiger partial charge in [-0.2, -0.15) is 17.4 Å². The van der Waals surface area contributed by atoms with Gasteiger partial charge in [-0.1, -0.05) is 6.92 Å². The number of aliphatic carboxylic acids is 1. The van der Waals surface area contributed by atoms with Crippen LogP contribution in [0.15, 0.2) is 0 Å². The Morgan fingerprint density at radius 1 is 1.43 bits per heavy atom. The first-order chi connectivity index (χ1) is 9.70. The highest BCUT2D eigenvalue weighted by Crippen LogP contribution is 2.22. The van der Waals surface area contributed by atoms with Gasteiger partial charge in [0.25, 0.3) is 10.2 Å². The van der Waals surface area contributed by atoms with E-state index in [4.69, 9.17) is 9.84 Å². The van der Waals surface area contributed by atoms with Crippen molar-refractivity contribution in [1.29, 1.82) is 0 Å². The third kappa shape index (κ3) is 4.39. The summed E-state index contributed by atoms with van der Waals surface area (Å²) in [5.41, 5.74) is 0. The second kappa shape index (κ2) is 7.19. The third-order valence-corrected chi connectivity index (χ3v) is 5.27. The van der Waals surface area contributed by atoms with Gasteiger partial charge in [0.15, 0.2) is 0 Å². The lowest BCUT2D eigenvalue weighted by Crippen LogP contribution is -2.51. The number of carbonyl (C=O) groups excluding carboxylic acids is 1. The Hall–Kier alpha value is -1.19. The van der Waals surface area contributed by atoms with Crippen LogP contribution < -0.4 is 4.72 Å². The molecule has 0 saturated carbocycles. The zero-order valence-electron chi connectivity index (χ0n) is 12.4. The lowest BCUT2D eigenvalue weighted by molar-refractivity contribution is -0.147. The summed E-state index contributed by atoms with van der Waals surface area (Å²) in [6.07, 6.45) is 0.968. The monoisotopic (exact) mass is 322 g/mol. The highest BCUT2D eigenvalue weighted by atomic mass is 32.2. The smallest absolute Gasteiger partial charge is 0.324 e. The SMILES string of the molecule is CCOC(=O)C1CCCN1S(=O)(=O)NC(C)C(C)C(=O)O. The van der Waals surface area contributed by atoms with Gasteiger partial charge in [-0.05, 0) is 26.7 Å². The molecule has 122 valence electrons. The predicted octanol–water partition coefficient (Wildman–Crippen LogP) is -0.0425. The fourth-order valence-corrected chi connectivity index (χ4v) is 3.83.